The lowest BCUT2D eigenvalue weighted by atomic mass is 10.1. The largest absolute Gasteiger partial charge is 0.491 e. The van der Waals surface area contributed by atoms with Crippen LogP contribution in [0.4, 0.5) is 0 Å². The fourth-order valence-electron chi connectivity index (χ4n) is 1.46. The van der Waals surface area contributed by atoms with Crippen molar-refractivity contribution < 1.29 is 14.3 Å². The van der Waals surface area contributed by atoms with Gasteiger partial charge in [0.15, 0.2) is 5.38 Å². The Bertz CT molecular complexity index is 402. The number of alkyl halides is 1. The van der Waals surface area contributed by atoms with E-state index in [0.717, 1.165) is 11.3 Å². The van der Waals surface area contributed by atoms with Gasteiger partial charge in [0, 0.05) is 0 Å². The molecule has 0 aromatic heterocycles. The van der Waals surface area contributed by atoms with Crippen LogP contribution in [0.3, 0.4) is 0 Å². The predicted octanol–water partition coefficient (Wildman–Crippen LogP) is 3.24. The standard InChI is InChI=1S/C13H17ClO3/c1-8(2)17-11-6-5-10(7-9(11)3)12(14)13(15)16-4/h5-8,12H,1-4H3. The number of esters is 1. The molecule has 1 unspecified atom stereocenters. The van der Waals surface area contributed by atoms with Crippen LogP contribution in [-0.2, 0) is 9.53 Å². The highest BCUT2D eigenvalue weighted by molar-refractivity contribution is 6.29. The molecule has 1 atom stereocenters. The summed E-state index contributed by atoms with van der Waals surface area (Å²) in [6.45, 7) is 5.85. The average Bonchev–Trinajstić information content (AvgIpc) is 2.29. The van der Waals surface area contributed by atoms with Crippen molar-refractivity contribution in [1.29, 1.82) is 0 Å². The number of carbonyl (C=O) groups excluding carboxylic acids is 1. The quantitative estimate of drug-likeness (QED) is 0.613. The number of methoxy groups -OCH3 is 1. The lowest BCUT2D eigenvalue weighted by Crippen LogP contribution is -2.10. The predicted molar refractivity (Wildman–Crippen MR) is 67.6 cm³/mol. The highest BCUT2D eigenvalue weighted by Crippen LogP contribution is 2.27. The highest BCUT2D eigenvalue weighted by Gasteiger charge is 2.18. The van der Waals surface area contributed by atoms with Gasteiger partial charge < -0.3 is 9.47 Å². The molecule has 0 fully saturated rings. The Morgan fingerprint density at radius 1 is 1.35 bits per heavy atom. The van der Waals surface area contributed by atoms with Crippen LogP contribution in [-0.4, -0.2) is 19.2 Å². The summed E-state index contributed by atoms with van der Waals surface area (Å²) in [5.41, 5.74) is 1.66. The van der Waals surface area contributed by atoms with Crippen molar-refractivity contribution in [3.05, 3.63) is 29.3 Å². The van der Waals surface area contributed by atoms with E-state index in [2.05, 4.69) is 4.74 Å². The molecule has 0 radical (unpaired) electrons. The van der Waals surface area contributed by atoms with Gasteiger partial charge in [-0.3, -0.25) is 4.79 Å². The van der Waals surface area contributed by atoms with Crippen LogP contribution in [0.5, 0.6) is 5.75 Å². The number of aryl methyl sites for hydroxylation is 1. The summed E-state index contributed by atoms with van der Waals surface area (Å²) < 4.78 is 10.2. The maximum Gasteiger partial charge on any atom is 0.328 e. The van der Waals surface area contributed by atoms with Gasteiger partial charge in [-0.15, -0.1) is 11.6 Å². The molecule has 0 saturated carbocycles. The fourth-order valence-corrected chi connectivity index (χ4v) is 1.68. The van der Waals surface area contributed by atoms with E-state index < -0.39 is 11.3 Å². The molecular weight excluding hydrogens is 240 g/mol. The van der Waals surface area contributed by atoms with E-state index in [1.165, 1.54) is 7.11 Å². The third-order valence-electron chi connectivity index (χ3n) is 2.26. The molecule has 94 valence electrons. The SMILES string of the molecule is COC(=O)C(Cl)c1ccc(OC(C)C)c(C)c1. The van der Waals surface area contributed by atoms with Crippen LogP contribution in [0.25, 0.3) is 0 Å². The third kappa shape index (κ3) is 3.63. The van der Waals surface area contributed by atoms with E-state index in [4.69, 9.17) is 16.3 Å². The molecule has 0 bridgehead atoms. The van der Waals surface area contributed by atoms with Crippen LogP contribution in [0, 0.1) is 6.92 Å². The first-order valence-corrected chi connectivity index (χ1v) is 5.88. The molecule has 4 heteroatoms. The van der Waals surface area contributed by atoms with Gasteiger partial charge in [0.25, 0.3) is 0 Å². The van der Waals surface area contributed by atoms with Gasteiger partial charge in [0.1, 0.15) is 5.75 Å². The number of hydrogen-bond donors (Lipinski definition) is 0. The molecule has 0 aliphatic carbocycles. The van der Waals surface area contributed by atoms with Crippen molar-refractivity contribution in [1.82, 2.24) is 0 Å². The molecule has 1 aromatic rings. The number of rotatable bonds is 4. The molecule has 1 rings (SSSR count). The molecule has 0 N–H and O–H groups in total. The molecule has 3 nitrogen and oxygen atoms in total. The summed E-state index contributed by atoms with van der Waals surface area (Å²) in [6.07, 6.45) is 0.118. The molecular formula is C13H17ClO3. The van der Waals surface area contributed by atoms with E-state index >= 15 is 0 Å². The monoisotopic (exact) mass is 256 g/mol. The number of carbonyl (C=O) groups is 1. The fraction of sp³-hybridized carbons (Fsp3) is 0.462. The van der Waals surface area contributed by atoms with E-state index in [-0.39, 0.29) is 6.10 Å². The number of ether oxygens (including phenoxy) is 2. The maximum absolute atomic E-state index is 11.3. The second-order valence-corrected chi connectivity index (χ2v) is 4.51. The number of hydrogen-bond acceptors (Lipinski definition) is 3. The molecule has 0 saturated heterocycles. The second-order valence-electron chi connectivity index (χ2n) is 4.08. The van der Waals surface area contributed by atoms with Gasteiger partial charge in [0.2, 0.25) is 0 Å². The van der Waals surface area contributed by atoms with Crippen LogP contribution < -0.4 is 4.74 Å². The van der Waals surface area contributed by atoms with Gasteiger partial charge in [-0.25, -0.2) is 0 Å². The molecule has 0 aliphatic heterocycles. The summed E-state index contributed by atoms with van der Waals surface area (Å²) in [5, 5.41) is -0.771. The Labute approximate surface area is 107 Å². The first-order chi connectivity index (χ1) is 7.95. The zero-order valence-electron chi connectivity index (χ0n) is 10.5. The second kappa shape index (κ2) is 5.92. The van der Waals surface area contributed by atoms with Crippen LogP contribution in [0.2, 0.25) is 0 Å². The minimum Gasteiger partial charge on any atom is -0.491 e. The zero-order chi connectivity index (χ0) is 13.0. The maximum atomic E-state index is 11.3. The highest BCUT2D eigenvalue weighted by atomic mass is 35.5. The zero-order valence-corrected chi connectivity index (χ0v) is 11.2. The van der Waals surface area contributed by atoms with Crippen molar-refractivity contribution in [2.75, 3.05) is 7.11 Å². The first-order valence-electron chi connectivity index (χ1n) is 5.44. The Kier molecular flexibility index (Phi) is 4.82. The summed E-state index contributed by atoms with van der Waals surface area (Å²) in [6, 6.07) is 5.44. The smallest absolute Gasteiger partial charge is 0.328 e. The minimum atomic E-state index is -0.771. The summed E-state index contributed by atoms with van der Waals surface area (Å²) >= 11 is 5.97. The lowest BCUT2D eigenvalue weighted by Gasteiger charge is -2.14. The van der Waals surface area contributed by atoms with Gasteiger partial charge in [-0.1, -0.05) is 12.1 Å². The van der Waals surface area contributed by atoms with E-state index in [1.807, 2.05) is 32.9 Å². The Hall–Kier alpha value is -1.22. The molecule has 17 heavy (non-hydrogen) atoms. The summed E-state index contributed by atoms with van der Waals surface area (Å²) in [4.78, 5) is 11.3. The first kappa shape index (κ1) is 13.8. The third-order valence-corrected chi connectivity index (χ3v) is 2.69. The van der Waals surface area contributed by atoms with Crippen LogP contribution >= 0.6 is 11.6 Å². The van der Waals surface area contributed by atoms with Gasteiger partial charge in [-0.2, -0.15) is 0 Å². The Balaban J connectivity index is 2.92. The van der Waals surface area contributed by atoms with Gasteiger partial charge >= 0.3 is 5.97 Å². The van der Waals surface area contributed by atoms with E-state index in [1.54, 1.807) is 6.07 Å². The van der Waals surface area contributed by atoms with Crippen LogP contribution in [0.1, 0.15) is 30.4 Å². The Morgan fingerprint density at radius 2 is 2.00 bits per heavy atom. The van der Waals surface area contributed by atoms with Crippen molar-refractivity contribution in [3.63, 3.8) is 0 Å². The normalized spacial score (nSPS) is 12.4. The van der Waals surface area contributed by atoms with Crippen molar-refractivity contribution in [2.24, 2.45) is 0 Å². The minimum absolute atomic E-state index is 0.118. The van der Waals surface area contributed by atoms with Crippen LogP contribution in [0.15, 0.2) is 18.2 Å². The molecule has 1 aromatic carbocycles. The molecule has 0 spiro atoms. The Morgan fingerprint density at radius 3 is 2.47 bits per heavy atom. The summed E-state index contributed by atoms with van der Waals surface area (Å²) in [7, 11) is 1.32. The number of halogens is 1. The van der Waals surface area contributed by atoms with Gasteiger partial charge in [0.05, 0.1) is 13.2 Å². The molecule has 0 aliphatic rings. The molecule has 0 heterocycles. The van der Waals surface area contributed by atoms with Gasteiger partial charge in [-0.05, 0) is 38.0 Å². The van der Waals surface area contributed by atoms with E-state index in [9.17, 15) is 4.79 Å². The average molecular weight is 257 g/mol. The van der Waals surface area contributed by atoms with Crippen molar-refractivity contribution in [3.8, 4) is 5.75 Å². The molecule has 0 amide bonds. The number of benzene rings is 1. The topological polar surface area (TPSA) is 35.5 Å². The van der Waals surface area contributed by atoms with E-state index in [0.29, 0.717) is 5.56 Å². The van der Waals surface area contributed by atoms with Crippen molar-refractivity contribution >= 4 is 17.6 Å². The summed E-state index contributed by atoms with van der Waals surface area (Å²) in [5.74, 6) is 0.348. The lowest BCUT2D eigenvalue weighted by molar-refractivity contribution is -0.140. The van der Waals surface area contributed by atoms with Crippen molar-refractivity contribution in [2.45, 2.75) is 32.3 Å².